The summed E-state index contributed by atoms with van der Waals surface area (Å²) in [5, 5.41) is 3.19. The molecule has 2 atom stereocenters. The molecule has 23 heavy (non-hydrogen) atoms. The van der Waals surface area contributed by atoms with Crippen LogP contribution in [-0.4, -0.2) is 35.3 Å². The molecule has 2 amide bonds. The first-order chi connectivity index (χ1) is 11.1. The van der Waals surface area contributed by atoms with Crippen LogP contribution in [0.1, 0.15) is 44.2 Å². The highest BCUT2D eigenvalue weighted by molar-refractivity contribution is 5.89. The molecule has 0 aromatic heterocycles. The standard InChI is InChI=1S/C19H26N2O2/c1-13(2)19(23)21-11-5-8-17(21)18(22)20-16-10-9-14-6-3-4-7-15(14)12-16/h3-4,6-7,13,16-17H,5,8-12H2,1-2H3,(H,20,22)/t16-,17-/m0/s1. The maximum absolute atomic E-state index is 12.7. The van der Waals surface area contributed by atoms with Crippen molar-refractivity contribution in [3.63, 3.8) is 0 Å². The van der Waals surface area contributed by atoms with Crippen molar-refractivity contribution in [1.29, 1.82) is 0 Å². The summed E-state index contributed by atoms with van der Waals surface area (Å²) in [4.78, 5) is 26.7. The monoisotopic (exact) mass is 314 g/mol. The first-order valence-corrected chi connectivity index (χ1v) is 8.74. The van der Waals surface area contributed by atoms with Crippen molar-refractivity contribution in [2.24, 2.45) is 5.92 Å². The summed E-state index contributed by atoms with van der Waals surface area (Å²) < 4.78 is 0. The van der Waals surface area contributed by atoms with Crippen LogP contribution in [-0.2, 0) is 22.4 Å². The molecule has 1 saturated heterocycles. The van der Waals surface area contributed by atoms with Crippen LogP contribution in [0.25, 0.3) is 0 Å². The molecule has 0 unspecified atom stereocenters. The van der Waals surface area contributed by atoms with E-state index in [0.29, 0.717) is 6.54 Å². The van der Waals surface area contributed by atoms with E-state index in [-0.39, 0.29) is 29.8 Å². The predicted octanol–water partition coefficient (Wildman–Crippen LogP) is 2.31. The van der Waals surface area contributed by atoms with E-state index < -0.39 is 0 Å². The molecule has 1 aromatic carbocycles. The molecule has 4 heteroatoms. The van der Waals surface area contributed by atoms with Crippen molar-refractivity contribution in [2.45, 2.75) is 58.0 Å². The summed E-state index contributed by atoms with van der Waals surface area (Å²) in [6, 6.07) is 8.37. The minimum atomic E-state index is -0.276. The lowest BCUT2D eigenvalue weighted by Crippen LogP contribution is -2.50. The van der Waals surface area contributed by atoms with E-state index in [9.17, 15) is 9.59 Å². The molecule has 1 aromatic rings. The van der Waals surface area contributed by atoms with Crippen molar-refractivity contribution in [3.8, 4) is 0 Å². The molecule has 4 nitrogen and oxygen atoms in total. The number of benzene rings is 1. The number of aryl methyl sites for hydroxylation is 1. The molecule has 3 rings (SSSR count). The smallest absolute Gasteiger partial charge is 0.243 e. The highest BCUT2D eigenvalue weighted by Crippen LogP contribution is 2.23. The normalized spacial score (nSPS) is 23.7. The second kappa shape index (κ2) is 6.73. The summed E-state index contributed by atoms with van der Waals surface area (Å²) in [7, 11) is 0. The Morgan fingerprint density at radius 2 is 1.91 bits per heavy atom. The number of fused-ring (bicyclic) bond motifs is 1. The van der Waals surface area contributed by atoms with Crippen molar-refractivity contribution < 1.29 is 9.59 Å². The van der Waals surface area contributed by atoms with Gasteiger partial charge in [-0.2, -0.15) is 0 Å². The van der Waals surface area contributed by atoms with Gasteiger partial charge in [0.1, 0.15) is 6.04 Å². The zero-order chi connectivity index (χ0) is 16.4. The average molecular weight is 314 g/mol. The van der Waals surface area contributed by atoms with E-state index in [2.05, 4.69) is 29.6 Å². The van der Waals surface area contributed by atoms with E-state index >= 15 is 0 Å². The molecule has 1 fully saturated rings. The zero-order valence-corrected chi connectivity index (χ0v) is 14.0. The van der Waals surface area contributed by atoms with E-state index in [0.717, 1.165) is 32.1 Å². The van der Waals surface area contributed by atoms with Crippen LogP contribution in [0, 0.1) is 5.92 Å². The molecule has 0 saturated carbocycles. The van der Waals surface area contributed by atoms with Gasteiger partial charge in [0.2, 0.25) is 11.8 Å². The lowest BCUT2D eigenvalue weighted by molar-refractivity contribution is -0.141. The first kappa shape index (κ1) is 16.0. The van der Waals surface area contributed by atoms with Gasteiger partial charge in [-0.25, -0.2) is 0 Å². The lowest BCUT2D eigenvalue weighted by atomic mass is 9.88. The van der Waals surface area contributed by atoms with Gasteiger partial charge in [-0.3, -0.25) is 9.59 Å². The van der Waals surface area contributed by atoms with Crippen molar-refractivity contribution in [2.75, 3.05) is 6.54 Å². The number of likely N-dealkylation sites (tertiary alicyclic amines) is 1. The fraction of sp³-hybridized carbons (Fsp3) is 0.579. The van der Waals surface area contributed by atoms with Crippen LogP contribution < -0.4 is 5.32 Å². The zero-order valence-electron chi connectivity index (χ0n) is 14.0. The number of amides is 2. The Labute approximate surface area is 138 Å². The van der Waals surface area contributed by atoms with Gasteiger partial charge in [0.15, 0.2) is 0 Å². The number of nitrogens with zero attached hydrogens (tertiary/aromatic N) is 1. The minimum Gasteiger partial charge on any atom is -0.351 e. The van der Waals surface area contributed by atoms with Gasteiger partial charge < -0.3 is 10.2 Å². The molecule has 1 aliphatic carbocycles. The summed E-state index contributed by atoms with van der Waals surface area (Å²) >= 11 is 0. The second-order valence-corrected chi connectivity index (χ2v) is 7.06. The fourth-order valence-corrected chi connectivity index (χ4v) is 3.75. The second-order valence-electron chi connectivity index (χ2n) is 7.06. The number of nitrogens with one attached hydrogen (secondary N) is 1. The lowest BCUT2D eigenvalue weighted by Gasteiger charge is -2.30. The topological polar surface area (TPSA) is 49.4 Å². The van der Waals surface area contributed by atoms with Crippen molar-refractivity contribution in [1.82, 2.24) is 10.2 Å². The third-order valence-electron chi connectivity index (χ3n) is 5.03. The van der Waals surface area contributed by atoms with Gasteiger partial charge >= 0.3 is 0 Å². The number of hydrogen-bond donors (Lipinski definition) is 1. The van der Waals surface area contributed by atoms with E-state index in [1.165, 1.54) is 11.1 Å². The average Bonchev–Trinajstić information content (AvgIpc) is 3.03. The molecular weight excluding hydrogens is 288 g/mol. The molecule has 1 aliphatic heterocycles. The fourth-order valence-electron chi connectivity index (χ4n) is 3.75. The van der Waals surface area contributed by atoms with Crippen LogP contribution >= 0.6 is 0 Å². The van der Waals surface area contributed by atoms with Gasteiger partial charge in [0.25, 0.3) is 0 Å². The Hall–Kier alpha value is -1.84. The van der Waals surface area contributed by atoms with E-state index in [1.807, 2.05) is 13.8 Å². The van der Waals surface area contributed by atoms with Gasteiger partial charge in [-0.1, -0.05) is 38.1 Å². The van der Waals surface area contributed by atoms with Crippen LogP contribution in [0.3, 0.4) is 0 Å². The number of carbonyl (C=O) groups is 2. The summed E-state index contributed by atoms with van der Waals surface area (Å²) in [5.74, 6) is 0.0717. The van der Waals surface area contributed by atoms with Crippen molar-refractivity contribution in [3.05, 3.63) is 35.4 Å². The minimum absolute atomic E-state index is 0.0286. The van der Waals surface area contributed by atoms with Crippen LogP contribution in [0.5, 0.6) is 0 Å². The summed E-state index contributed by atoms with van der Waals surface area (Å²) in [5.41, 5.74) is 2.74. The molecule has 0 spiro atoms. The highest BCUT2D eigenvalue weighted by atomic mass is 16.2. The maximum Gasteiger partial charge on any atom is 0.243 e. The van der Waals surface area contributed by atoms with Crippen molar-refractivity contribution >= 4 is 11.8 Å². The highest BCUT2D eigenvalue weighted by Gasteiger charge is 2.35. The van der Waals surface area contributed by atoms with Gasteiger partial charge in [0.05, 0.1) is 0 Å². The van der Waals surface area contributed by atoms with Crippen LogP contribution in [0.2, 0.25) is 0 Å². The Bertz CT molecular complexity index is 597. The molecule has 0 bridgehead atoms. The SMILES string of the molecule is CC(C)C(=O)N1CCC[C@H]1C(=O)N[C@H]1CCc2ccccc2C1. The molecule has 0 radical (unpaired) electrons. The Morgan fingerprint density at radius 1 is 1.17 bits per heavy atom. The first-order valence-electron chi connectivity index (χ1n) is 8.74. The van der Waals surface area contributed by atoms with E-state index in [1.54, 1.807) is 4.90 Å². The molecular formula is C19H26N2O2. The Kier molecular flexibility index (Phi) is 4.69. The summed E-state index contributed by atoms with van der Waals surface area (Å²) in [6.45, 7) is 4.50. The van der Waals surface area contributed by atoms with E-state index in [4.69, 9.17) is 0 Å². The van der Waals surface area contributed by atoms with Gasteiger partial charge in [-0.05, 0) is 43.2 Å². The molecule has 2 aliphatic rings. The quantitative estimate of drug-likeness (QED) is 0.931. The molecule has 1 heterocycles. The van der Waals surface area contributed by atoms with Gasteiger partial charge in [0, 0.05) is 18.5 Å². The predicted molar refractivity (Wildman–Crippen MR) is 90.0 cm³/mol. The third kappa shape index (κ3) is 3.41. The molecule has 1 N–H and O–H groups in total. The Morgan fingerprint density at radius 3 is 2.65 bits per heavy atom. The van der Waals surface area contributed by atoms with Crippen LogP contribution in [0.15, 0.2) is 24.3 Å². The Balaban J connectivity index is 1.62. The molecule has 124 valence electrons. The van der Waals surface area contributed by atoms with Crippen LogP contribution in [0.4, 0.5) is 0 Å². The largest absolute Gasteiger partial charge is 0.351 e. The third-order valence-corrected chi connectivity index (χ3v) is 5.03. The number of carbonyl (C=O) groups excluding carboxylic acids is 2. The summed E-state index contributed by atoms with van der Waals surface area (Å²) in [6.07, 6.45) is 4.60. The maximum atomic E-state index is 12.7. The number of hydrogen-bond acceptors (Lipinski definition) is 2. The number of rotatable bonds is 3. The van der Waals surface area contributed by atoms with Gasteiger partial charge in [-0.15, -0.1) is 0 Å².